The van der Waals surface area contributed by atoms with E-state index in [4.69, 9.17) is 0 Å². The lowest BCUT2D eigenvalue weighted by Gasteiger charge is -2.21. The monoisotopic (exact) mass is 254 g/mol. The summed E-state index contributed by atoms with van der Waals surface area (Å²) in [5.74, 6) is 0. The molecule has 0 spiro atoms. The molecule has 2 atom stereocenters. The topological polar surface area (TPSA) is 60.7 Å². The second kappa shape index (κ2) is 6.88. The van der Waals surface area contributed by atoms with Crippen LogP contribution in [0.15, 0.2) is 37.0 Å². The highest BCUT2D eigenvalue weighted by molar-refractivity contribution is 5.10. The fourth-order valence-corrected chi connectivity index (χ4v) is 1.37. The molecule has 0 aromatic heterocycles. The maximum Gasteiger partial charge on any atom is 0.0798 e. The molecule has 3 heteroatoms. The molecule has 0 saturated heterocycles. The molecule has 0 aliphatic carbocycles. The first-order valence-electron chi connectivity index (χ1n) is 6.19. The van der Waals surface area contributed by atoms with Crippen LogP contribution in [-0.4, -0.2) is 32.6 Å². The second-order valence-corrected chi connectivity index (χ2v) is 5.53. The van der Waals surface area contributed by atoms with Crippen LogP contribution in [0.3, 0.4) is 0 Å². The zero-order valence-corrected chi connectivity index (χ0v) is 11.7. The minimum Gasteiger partial charge on any atom is -0.389 e. The van der Waals surface area contributed by atoms with Gasteiger partial charge in [0, 0.05) is 0 Å². The number of hydrogen-bond acceptors (Lipinski definition) is 3. The van der Waals surface area contributed by atoms with Crippen LogP contribution in [0.2, 0.25) is 0 Å². The normalized spacial score (nSPS) is 17.4. The standard InChI is InChI=1S/C15H26O3/c1-6-15(5,18)11-9-13(16)12(2)8-7-10-14(3,4)17/h6-7,10,13,16-18H,1-2,8-9,11H2,3-5H3/b10-7+/t13-,15-/m1/s1. The maximum absolute atomic E-state index is 9.86. The number of aliphatic hydroxyl groups is 3. The lowest BCUT2D eigenvalue weighted by atomic mass is 9.94. The molecule has 0 aliphatic heterocycles. The van der Waals surface area contributed by atoms with E-state index in [0.29, 0.717) is 24.8 Å². The van der Waals surface area contributed by atoms with E-state index in [0.717, 1.165) is 0 Å². The number of rotatable bonds is 8. The van der Waals surface area contributed by atoms with Crippen LogP contribution in [0.5, 0.6) is 0 Å². The van der Waals surface area contributed by atoms with E-state index < -0.39 is 17.3 Å². The van der Waals surface area contributed by atoms with Gasteiger partial charge in [-0.1, -0.05) is 24.8 Å². The fraction of sp³-hybridized carbons (Fsp3) is 0.600. The Hall–Kier alpha value is -0.900. The van der Waals surface area contributed by atoms with Gasteiger partial charge in [-0.15, -0.1) is 6.58 Å². The van der Waals surface area contributed by atoms with Gasteiger partial charge in [-0.2, -0.15) is 0 Å². The summed E-state index contributed by atoms with van der Waals surface area (Å²) in [5.41, 5.74) is -1.13. The van der Waals surface area contributed by atoms with Crippen molar-refractivity contribution in [3.63, 3.8) is 0 Å². The van der Waals surface area contributed by atoms with Crippen LogP contribution in [0, 0.1) is 0 Å². The van der Waals surface area contributed by atoms with Gasteiger partial charge in [0.2, 0.25) is 0 Å². The Bertz CT molecular complexity index is 308. The van der Waals surface area contributed by atoms with Crippen molar-refractivity contribution in [3.05, 3.63) is 37.0 Å². The summed E-state index contributed by atoms with van der Waals surface area (Å²) in [6, 6.07) is 0. The molecule has 0 rings (SSSR count). The minimum atomic E-state index is -0.954. The third-order valence-corrected chi connectivity index (χ3v) is 2.74. The number of aliphatic hydroxyl groups excluding tert-OH is 1. The summed E-state index contributed by atoms with van der Waals surface area (Å²) >= 11 is 0. The van der Waals surface area contributed by atoms with Crippen LogP contribution in [0.4, 0.5) is 0 Å². The van der Waals surface area contributed by atoms with E-state index >= 15 is 0 Å². The third-order valence-electron chi connectivity index (χ3n) is 2.74. The van der Waals surface area contributed by atoms with Crippen molar-refractivity contribution in [1.82, 2.24) is 0 Å². The minimum absolute atomic E-state index is 0.436. The predicted octanol–water partition coefficient (Wildman–Crippen LogP) is 2.34. The molecule has 0 amide bonds. The molecule has 0 bridgehead atoms. The molecule has 0 heterocycles. The average molecular weight is 254 g/mol. The lowest BCUT2D eigenvalue weighted by Crippen LogP contribution is -2.23. The molecule has 0 aromatic carbocycles. The molecular formula is C15H26O3. The molecule has 0 unspecified atom stereocenters. The largest absolute Gasteiger partial charge is 0.389 e. The van der Waals surface area contributed by atoms with Crippen molar-refractivity contribution in [3.8, 4) is 0 Å². The van der Waals surface area contributed by atoms with Crippen LogP contribution < -0.4 is 0 Å². The van der Waals surface area contributed by atoms with E-state index in [1.54, 1.807) is 32.9 Å². The number of hydrogen-bond donors (Lipinski definition) is 3. The zero-order chi connectivity index (χ0) is 14.4. The van der Waals surface area contributed by atoms with E-state index in [9.17, 15) is 15.3 Å². The summed E-state index contributed by atoms with van der Waals surface area (Å²) in [4.78, 5) is 0. The quantitative estimate of drug-likeness (QED) is 0.583. The Labute approximate surface area is 110 Å². The third kappa shape index (κ3) is 8.23. The Morgan fingerprint density at radius 2 is 1.83 bits per heavy atom. The molecular weight excluding hydrogens is 228 g/mol. The molecule has 3 nitrogen and oxygen atoms in total. The summed E-state index contributed by atoms with van der Waals surface area (Å²) in [6.45, 7) is 12.4. The number of allylic oxidation sites excluding steroid dienone is 1. The van der Waals surface area contributed by atoms with E-state index in [1.807, 2.05) is 0 Å². The fourth-order valence-electron chi connectivity index (χ4n) is 1.37. The molecule has 0 aromatic rings. The van der Waals surface area contributed by atoms with Crippen LogP contribution in [0.1, 0.15) is 40.0 Å². The molecule has 3 N–H and O–H groups in total. The van der Waals surface area contributed by atoms with E-state index in [-0.39, 0.29) is 0 Å². The smallest absolute Gasteiger partial charge is 0.0798 e. The maximum atomic E-state index is 9.86. The highest BCUT2D eigenvalue weighted by atomic mass is 16.3. The Kier molecular flexibility index (Phi) is 6.54. The first kappa shape index (κ1) is 17.1. The second-order valence-electron chi connectivity index (χ2n) is 5.53. The van der Waals surface area contributed by atoms with Gasteiger partial charge in [-0.25, -0.2) is 0 Å². The summed E-state index contributed by atoms with van der Waals surface area (Å²) in [7, 11) is 0. The van der Waals surface area contributed by atoms with Crippen LogP contribution in [0.25, 0.3) is 0 Å². The Morgan fingerprint density at radius 1 is 1.28 bits per heavy atom. The summed E-state index contributed by atoms with van der Waals surface area (Å²) < 4.78 is 0. The van der Waals surface area contributed by atoms with Gasteiger partial charge in [-0.05, 0) is 45.6 Å². The van der Waals surface area contributed by atoms with Crippen molar-refractivity contribution in [1.29, 1.82) is 0 Å². The highest BCUT2D eigenvalue weighted by Crippen LogP contribution is 2.19. The Balaban J connectivity index is 4.13. The summed E-state index contributed by atoms with van der Waals surface area (Å²) in [5, 5.41) is 29.1. The van der Waals surface area contributed by atoms with Crippen molar-refractivity contribution in [2.45, 2.75) is 57.3 Å². The first-order chi connectivity index (χ1) is 8.07. The van der Waals surface area contributed by atoms with Gasteiger partial charge < -0.3 is 15.3 Å². The van der Waals surface area contributed by atoms with Gasteiger partial charge in [-0.3, -0.25) is 0 Å². The average Bonchev–Trinajstić information content (AvgIpc) is 2.24. The molecule has 0 aliphatic rings. The van der Waals surface area contributed by atoms with Crippen LogP contribution >= 0.6 is 0 Å². The van der Waals surface area contributed by atoms with Crippen molar-refractivity contribution in [2.75, 3.05) is 0 Å². The highest BCUT2D eigenvalue weighted by Gasteiger charge is 2.18. The van der Waals surface area contributed by atoms with Gasteiger partial charge in [0.25, 0.3) is 0 Å². The van der Waals surface area contributed by atoms with Crippen LogP contribution in [-0.2, 0) is 0 Å². The molecule has 18 heavy (non-hydrogen) atoms. The van der Waals surface area contributed by atoms with Crippen molar-refractivity contribution >= 4 is 0 Å². The zero-order valence-electron chi connectivity index (χ0n) is 11.7. The molecule has 0 fully saturated rings. The Morgan fingerprint density at radius 3 is 2.28 bits per heavy atom. The van der Waals surface area contributed by atoms with Gasteiger partial charge in [0.15, 0.2) is 0 Å². The predicted molar refractivity (Wildman–Crippen MR) is 75.3 cm³/mol. The van der Waals surface area contributed by atoms with Gasteiger partial charge >= 0.3 is 0 Å². The van der Waals surface area contributed by atoms with E-state index in [1.165, 1.54) is 6.08 Å². The first-order valence-corrected chi connectivity index (χ1v) is 6.19. The van der Waals surface area contributed by atoms with Gasteiger partial charge in [0.05, 0.1) is 17.3 Å². The molecule has 0 radical (unpaired) electrons. The molecule has 104 valence electrons. The molecule has 0 saturated carbocycles. The van der Waals surface area contributed by atoms with E-state index in [2.05, 4.69) is 13.2 Å². The lowest BCUT2D eigenvalue weighted by molar-refractivity contribution is 0.0807. The van der Waals surface area contributed by atoms with Crippen molar-refractivity contribution < 1.29 is 15.3 Å². The van der Waals surface area contributed by atoms with Gasteiger partial charge in [0.1, 0.15) is 0 Å². The summed E-state index contributed by atoms with van der Waals surface area (Å²) in [6.07, 6.45) is 5.67. The van der Waals surface area contributed by atoms with Crippen molar-refractivity contribution in [2.24, 2.45) is 0 Å². The SMILES string of the molecule is C=C[C@@](C)(O)CC[C@@H](O)C(=C)C/C=C/C(C)(C)O.